The topological polar surface area (TPSA) is 35.5 Å². The van der Waals surface area contributed by atoms with Crippen LogP contribution < -0.4 is 0 Å². The van der Waals surface area contributed by atoms with Crippen molar-refractivity contribution in [1.82, 2.24) is 0 Å². The molecule has 3 nitrogen and oxygen atoms in total. The molecule has 0 spiro atoms. The van der Waals surface area contributed by atoms with E-state index in [4.69, 9.17) is 11.6 Å². The molecule has 0 aromatic heterocycles. The van der Waals surface area contributed by atoms with Crippen LogP contribution in [0.2, 0.25) is 0 Å². The second-order valence-corrected chi connectivity index (χ2v) is 7.52. The monoisotopic (exact) mass is 448 g/mol. The van der Waals surface area contributed by atoms with E-state index in [9.17, 15) is 35.5 Å². The first-order valence-corrected chi connectivity index (χ1v) is 8.53. The number of ether oxygens (including phenoxy) is 2. The van der Waals surface area contributed by atoms with Crippen molar-refractivity contribution in [2.24, 2.45) is 17.3 Å². The summed E-state index contributed by atoms with van der Waals surface area (Å²) in [4.78, 5) is 12.1. The van der Waals surface area contributed by atoms with E-state index in [1.54, 1.807) is 0 Å². The summed E-state index contributed by atoms with van der Waals surface area (Å²) >= 11 is 5.13. The Balaban J connectivity index is 2.23. The van der Waals surface area contributed by atoms with E-state index in [0.717, 1.165) is 6.07 Å². The van der Waals surface area contributed by atoms with E-state index in [-0.39, 0.29) is 12.2 Å². The van der Waals surface area contributed by atoms with Gasteiger partial charge in [-0.15, -0.1) is 0 Å². The average molecular weight is 449 g/mol. The number of halogens is 8. The highest BCUT2D eigenvalue weighted by atomic mass is 35.5. The van der Waals surface area contributed by atoms with Gasteiger partial charge in [0.05, 0.1) is 12.5 Å². The third-order valence-electron chi connectivity index (χ3n) is 4.77. The number of benzene rings is 1. The van der Waals surface area contributed by atoms with Gasteiger partial charge in [0.15, 0.2) is 11.6 Å². The van der Waals surface area contributed by atoms with Gasteiger partial charge >= 0.3 is 18.3 Å². The Morgan fingerprint density at radius 2 is 1.76 bits per heavy atom. The Hall–Kier alpha value is -1.81. The highest BCUT2D eigenvalue weighted by molar-refractivity contribution is 6.30. The quantitative estimate of drug-likeness (QED) is 0.416. The zero-order chi connectivity index (χ0) is 22.4. The van der Waals surface area contributed by atoms with E-state index in [0.29, 0.717) is 12.1 Å². The molecule has 1 fully saturated rings. The fourth-order valence-corrected chi connectivity index (χ4v) is 3.15. The number of carbonyl (C=O) groups is 1. The largest absolute Gasteiger partial charge is 0.431 e. The van der Waals surface area contributed by atoms with Crippen LogP contribution in [0.3, 0.4) is 0 Å². The summed E-state index contributed by atoms with van der Waals surface area (Å²) in [7, 11) is 1.19. The lowest BCUT2D eigenvalue weighted by molar-refractivity contribution is -0.243. The van der Waals surface area contributed by atoms with Crippen LogP contribution in [0.5, 0.6) is 0 Å². The summed E-state index contributed by atoms with van der Waals surface area (Å²) in [5.74, 6) is -7.57. The Bertz CT molecular complexity index is 833. The number of hydrogen-bond acceptors (Lipinski definition) is 3. The van der Waals surface area contributed by atoms with E-state index in [2.05, 4.69) is 9.47 Å². The predicted molar refractivity (Wildman–Crippen MR) is 87.8 cm³/mol. The minimum Gasteiger partial charge on any atom is -0.397 e. The Morgan fingerprint density at radius 3 is 2.28 bits per heavy atom. The van der Waals surface area contributed by atoms with Crippen LogP contribution in [0.1, 0.15) is 25.0 Å². The van der Waals surface area contributed by atoms with Crippen molar-refractivity contribution >= 4 is 17.6 Å². The number of rotatable bonds is 6. The lowest BCUT2D eigenvalue weighted by atomic mass is 10.1. The van der Waals surface area contributed by atoms with Gasteiger partial charge in [-0.2, -0.15) is 22.0 Å². The van der Waals surface area contributed by atoms with Gasteiger partial charge in [-0.1, -0.05) is 37.6 Å². The average Bonchev–Trinajstić information content (AvgIpc) is 3.11. The second-order valence-electron chi connectivity index (χ2n) is 7.11. The molecule has 0 amide bonds. The van der Waals surface area contributed by atoms with Gasteiger partial charge in [0, 0.05) is 12.7 Å². The highest BCUT2D eigenvalue weighted by Gasteiger charge is 2.63. The van der Waals surface area contributed by atoms with Crippen molar-refractivity contribution in [2.75, 3.05) is 7.11 Å². The van der Waals surface area contributed by atoms with Gasteiger partial charge in [0.25, 0.3) is 0 Å². The smallest absolute Gasteiger partial charge is 0.397 e. The van der Waals surface area contributed by atoms with Crippen LogP contribution >= 0.6 is 11.6 Å². The fourth-order valence-electron chi connectivity index (χ4n) is 3.02. The van der Waals surface area contributed by atoms with E-state index >= 15 is 0 Å². The maximum atomic E-state index is 14.3. The molecular weight excluding hydrogens is 433 g/mol. The number of esters is 1. The number of alkyl halides is 5. The molecule has 0 N–H and O–H groups in total. The number of hydrogen-bond donors (Lipinski definition) is 0. The first-order valence-electron chi connectivity index (χ1n) is 8.16. The Labute approximate surface area is 166 Å². The summed E-state index contributed by atoms with van der Waals surface area (Å²) in [5.41, 5.74) is -3.00. The maximum Gasteiger partial charge on any atom is 0.431 e. The zero-order valence-electron chi connectivity index (χ0n) is 15.3. The molecule has 1 saturated carbocycles. The first-order chi connectivity index (χ1) is 13.1. The van der Waals surface area contributed by atoms with Gasteiger partial charge in [0.1, 0.15) is 10.6 Å². The molecule has 162 valence electrons. The summed E-state index contributed by atoms with van der Waals surface area (Å²) in [5, 5.41) is -1.50. The zero-order valence-corrected chi connectivity index (χ0v) is 16.1. The van der Waals surface area contributed by atoms with Crippen molar-refractivity contribution in [2.45, 2.75) is 32.7 Å². The number of carbonyl (C=O) groups excluding carboxylic acids is 1. The van der Waals surface area contributed by atoms with Gasteiger partial charge in [0.2, 0.25) is 0 Å². The Kier molecular flexibility index (Phi) is 6.30. The molecule has 1 aliphatic carbocycles. The fraction of sp³-hybridized carbons (Fsp3) is 0.500. The lowest BCUT2D eigenvalue weighted by Gasteiger charge is -2.19. The van der Waals surface area contributed by atoms with Crippen LogP contribution in [0.4, 0.5) is 30.7 Å². The van der Waals surface area contributed by atoms with Crippen molar-refractivity contribution in [3.63, 3.8) is 0 Å². The molecule has 2 rings (SSSR count). The molecule has 11 heteroatoms. The Morgan fingerprint density at radius 1 is 1.17 bits per heavy atom. The molecule has 0 bridgehead atoms. The minimum atomic E-state index is -4.86. The van der Waals surface area contributed by atoms with E-state index < -0.39 is 57.7 Å². The molecule has 1 aliphatic rings. The second kappa shape index (κ2) is 7.79. The van der Waals surface area contributed by atoms with Gasteiger partial charge in [-0.05, 0) is 17.4 Å². The third-order valence-corrected chi connectivity index (χ3v) is 5.11. The SMILES string of the molecule is COCc1ccc(C(F)(F)OC(=O)C2C(C=C(Cl)C(F)(F)F)C2(C)C)c(F)c1F. The van der Waals surface area contributed by atoms with Crippen molar-refractivity contribution in [3.05, 3.63) is 46.0 Å². The van der Waals surface area contributed by atoms with Gasteiger partial charge < -0.3 is 9.47 Å². The van der Waals surface area contributed by atoms with Crippen LogP contribution in [-0.4, -0.2) is 19.3 Å². The van der Waals surface area contributed by atoms with Gasteiger partial charge in [-0.25, -0.2) is 8.78 Å². The third kappa shape index (κ3) is 4.69. The summed E-state index contributed by atoms with van der Waals surface area (Å²) in [6.07, 6.45) is -8.86. The molecular formula is C18H16ClF7O3. The van der Waals surface area contributed by atoms with Crippen LogP contribution in [0.25, 0.3) is 0 Å². The minimum absolute atomic E-state index is 0.328. The van der Waals surface area contributed by atoms with Crippen molar-refractivity contribution < 1.29 is 45.0 Å². The molecule has 0 heterocycles. The lowest BCUT2D eigenvalue weighted by Crippen LogP contribution is -2.26. The van der Waals surface area contributed by atoms with Crippen LogP contribution in [-0.2, 0) is 27.0 Å². The van der Waals surface area contributed by atoms with Crippen molar-refractivity contribution in [3.8, 4) is 0 Å². The molecule has 2 atom stereocenters. The highest BCUT2D eigenvalue weighted by Crippen LogP contribution is 2.61. The molecule has 2 unspecified atom stereocenters. The van der Waals surface area contributed by atoms with Crippen LogP contribution in [0.15, 0.2) is 23.2 Å². The van der Waals surface area contributed by atoms with Crippen molar-refractivity contribution in [1.29, 1.82) is 0 Å². The molecule has 0 saturated heterocycles. The standard InChI is InChI=1S/C18H16ClF7O3/c1-16(2)10(6-11(19)17(22,23)24)12(16)15(27)29-18(25,26)9-5-4-8(7-28-3)13(20)14(9)21/h4-6,10,12H,7H2,1-3H3. The number of allylic oxidation sites excluding steroid dienone is 2. The van der Waals surface area contributed by atoms with E-state index in [1.165, 1.54) is 21.0 Å². The summed E-state index contributed by atoms with van der Waals surface area (Å²) in [6.45, 7) is 2.34. The van der Waals surface area contributed by atoms with E-state index in [1.807, 2.05) is 0 Å². The summed E-state index contributed by atoms with van der Waals surface area (Å²) in [6, 6.07) is 1.38. The van der Waals surface area contributed by atoms with Crippen LogP contribution in [0, 0.1) is 28.9 Å². The molecule has 1 aromatic carbocycles. The molecule has 0 radical (unpaired) electrons. The summed E-state index contributed by atoms with van der Waals surface area (Å²) < 4.78 is 103. The normalized spacial score (nSPS) is 21.8. The maximum absolute atomic E-state index is 14.3. The molecule has 0 aliphatic heterocycles. The number of methoxy groups -OCH3 is 1. The van der Waals surface area contributed by atoms with Gasteiger partial charge in [-0.3, -0.25) is 4.79 Å². The first kappa shape index (κ1) is 23.5. The molecule has 1 aromatic rings. The molecule has 29 heavy (non-hydrogen) atoms. The predicted octanol–water partition coefficient (Wildman–Crippen LogP) is 5.66.